The molecule has 0 bridgehead atoms. The van der Waals surface area contributed by atoms with Crippen LogP contribution in [0.5, 0.6) is 0 Å². The molecule has 2 heterocycles. The van der Waals surface area contributed by atoms with Crippen LogP contribution in [-0.4, -0.2) is 19.6 Å². The smallest absolute Gasteiger partial charge is 0.119 e. The van der Waals surface area contributed by atoms with Crippen LogP contribution < -0.4 is 5.73 Å². The second-order valence-corrected chi connectivity index (χ2v) is 5.35. The number of nitrogens with two attached hydrogens (primary N) is 1. The van der Waals surface area contributed by atoms with Gasteiger partial charge in [0.05, 0.1) is 23.8 Å². The van der Waals surface area contributed by atoms with Gasteiger partial charge in [0, 0.05) is 22.8 Å². The van der Waals surface area contributed by atoms with Crippen molar-refractivity contribution >= 4 is 21.6 Å². The number of nitrogens with zero attached hydrogens (tertiary/aromatic N) is 4. The molecule has 2 aromatic heterocycles. The summed E-state index contributed by atoms with van der Waals surface area (Å²) in [7, 11) is 0. The van der Waals surface area contributed by atoms with Gasteiger partial charge in [0.1, 0.15) is 5.69 Å². The Morgan fingerprint density at radius 2 is 1.95 bits per heavy atom. The van der Waals surface area contributed by atoms with Crippen LogP contribution in [0.4, 0.5) is 5.69 Å². The zero-order valence-electron chi connectivity index (χ0n) is 11.0. The first-order valence-electron chi connectivity index (χ1n) is 6.31. The molecule has 0 spiro atoms. The highest BCUT2D eigenvalue weighted by molar-refractivity contribution is 9.10. The Morgan fingerprint density at radius 3 is 2.60 bits per heavy atom. The third kappa shape index (κ3) is 2.34. The van der Waals surface area contributed by atoms with Gasteiger partial charge in [-0.3, -0.25) is 4.68 Å². The number of aryl methyl sites for hydroxylation is 1. The second kappa shape index (κ2) is 5.13. The summed E-state index contributed by atoms with van der Waals surface area (Å²) in [6.45, 7) is 2.87. The third-order valence-corrected chi connectivity index (χ3v) is 3.59. The summed E-state index contributed by atoms with van der Waals surface area (Å²) in [5.74, 6) is 0. The summed E-state index contributed by atoms with van der Waals surface area (Å²) >= 11 is 3.42. The van der Waals surface area contributed by atoms with Gasteiger partial charge >= 0.3 is 0 Å². The summed E-state index contributed by atoms with van der Waals surface area (Å²) in [4.78, 5) is 0. The largest absolute Gasteiger partial charge is 0.396 e. The molecule has 0 saturated carbocycles. The van der Waals surface area contributed by atoms with Crippen LogP contribution in [0.15, 0.2) is 47.3 Å². The first kappa shape index (κ1) is 12.9. The summed E-state index contributed by atoms with van der Waals surface area (Å²) < 4.78 is 4.67. The molecule has 0 aliphatic heterocycles. The summed E-state index contributed by atoms with van der Waals surface area (Å²) in [6.07, 6.45) is 5.56. The normalized spacial score (nSPS) is 10.9. The van der Waals surface area contributed by atoms with Crippen molar-refractivity contribution < 1.29 is 0 Å². The number of rotatable bonds is 3. The maximum Gasteiger partial charge on any atom is 0.119 e. The molecule has 0 amide bonds. The van der Waals surface area contributed by atoms with E-state index in [1.807, 2.05) is 48.3 Å². The van der Waals surface area contributed by atoms with Crippen molar-refractivity contribution in [2.45, 2.75) is 13.5 Å². The summed E-state index contributed by atoms with van der Waals surface area (Å²) in [6, 6.07) is 7.91. The molecule has 0 aliphatic carbocycles. The average Bonchev–Trinajstić information content (AvgIpc) is 3.05. The van der Waals surface area contributed by atoms with Crippen molar-refractivity contribution in [1.82, 2.24) is 19.6 Å². The molecule has 0 aliphatic rings. The van der Waals surface area contributed by atoms with Crippen LogP contribution in [0.1, 0.15) is 6.92 Å². The molecule has 6 heteroatoms. The first-order chi connectivity index (χ1) is 9.67. The Morgan fingerprint density at radius 1 is 1.20 bits per heavy atom. The van der Waals surface area contributed by atoms with E-state index in [-0.39, 0.29) is 0 Å². The molecule has 102 valence electrons. The van der Waals surface area contributed by atoms with Crippen LogP contribution >= 0.6 is 15.9 Å². The highest BCUT2D eigenvalue weighted by Gasteiger charge is 2.11. The standard InChI is InChI=1S/C14H14BrN5/c1-2-19-8-10(7-17-19)14-13(16)9-20(18-14)12-5-3-11(15)4-6-12/h3-9H,2,16H2,1H3. The molecule has 0 radical (unpaired) electrons. The number of benzene rings is 1. The topological polar surface area (TPSA) is 61.7 Å². The van der Waals surface area contributed by atoms with Gasteiger partial charge in [-0.05, 0) is 31.2 Å². The number of hydrogen-bond acceptors (Lipinski definition) is 3. The highest BCUT2D eigenvalue weighted by atomic mass is 79.9. The van der Waals surface area contributed by atoms with E-state index in [0.717, 1.165) is 28.0 Å². The van der Waals surface area contributed by atoms with E-state index in [2.05, 4.69) is 26.1 Å². The Bertz CT molecular complexity index is 726. The van der Waals surface area contributed by atoms with E-state index in [9.17, 15) is 0 Å². The molecule has 0 fully saturated rings. The number of nitrogen functional groups attached to an aromatic ring is 1. The number of anilines is 1. The second-order valence-electron chi connectivity index (χ2n) is 4.44. The number of aromatic nitrogens is 4. The van der Waals surface area contributed by atoms with Gasteiger partial charge in [0.15, 0.2) is 0 Å². The summed E-state index contributed by atoms with van der Waals surface area (Å²) in [5, 5.41) is 8.80. The lowest BCUT2D eigenvalue weighted by molar-refractivity contribution is 0.660. The minimum absolute atomic E-state index is 0.642. The fourth-order valence-corrected chi connectivity index (χ4v) is 2.26. The van der Waals surface area contributed by atoms with Gasteiger partial charge in [0.2, 0.25) is 0 Å². The zero-order valence-corrected chi connectivity index (χ0v) is 12.6. The maximum absolute atomic E-state index is 6.06. The predicted octanol–water partition coefficient (Wildman–Crippen LogP) is 3.10. The zero-order chi connectivity index (χ0) is 14.1. The lowest BCUT2D eigenvalue weighted by Crippen LogP contribution is -1.94. The van der Waals surface area contributed by atoms with E-state index >= 15 is 0 Å². The molecule has 0 saturated heterocycles. The molecular formula is C14H14BrN5. The SMILES string of the molecule is CCn1cc(-c2nn(-c3ccc(Br)cc3)cc2N)cn1. The molecule has 2 N–H and O–H groups in total. The Labute approximate surface area is 125 Å². The van der Waals surface area contributed by atoms with Gasteiger partial charge < -0.3 is 5.73 Å². The van der Waals surface area contributed by atoms with Crippen LogP contribution in [0.25, 0.3) is 16.9 Å². The fourth-order valence-electron chi connectivity index (χ4n) is 2.00. The monoisotopic (exact) mass is 331 g/mol. The van der Waals surface area contributed by atoms with E-state index in [1.165, 1.54) is 0 Å². The average molecular weight is 332 g/mol. The lowest BCUT2D eigenvalue weighted by atomic mass is 10.2. The molecule has 3 aromatic rings. The molecule has 3 rings (SSSR count). The molecule has 1 aromatic carbocycles. The first-order valence-corrected chi connectivity index (χ1v) is 7.10. The Balaban J connectivity index is 2.00. The van der Waals surface area contributed by atoms with E-state index in [4.69, 9.17) is 5.73 Å². The fraction of sp³-hybridized carbons (Fsp3) is 0.143. The third-order valence-electron chi connectivity index (χ3n) is 3.06. The number of halogens is 1. The maximum atomic E-state index is 6.06. The Kier molecular flexibility index (Phi) is 3.31. The van der Waals surface area contributed by atoms with Crippen molar-refractivity contribution in [1.29, 1.82) is 0 Å². The van der Waals surface area contributed by atoms with Crippen LogP contribution in [0.3, 0.4) is 0 Å². The van der Waals surface area contributed by atoms with Crippen LogP contribution in [0.2, 0.25) is 0 Å². The summed E-state index contributed by atoms with van der Waals surface area (Å²) in [5.41, 5.74) is 9.36. The molecule has 0 unspecified atom stereocenters. The molecular weight excluding hydrogens is 318 g/mol. The van der Waals surface area contributed by atoms with Crippen molar-refractivity contribution in [2.24, 2.45) is 0 Å². The minimum Gasteiger partial charge on any atom is -0.396 e. The van der Waals surface area contributed by atoms with E-state index in [1.54, 1.807) is 10.9 Å². The van der Waals surface area contributed by atoms with Crippen molar-refractivity contribution in [3.8, 4) is 16.9 Å². The van der Waals surface area contributed by atoms with Gasteiger partial charge in [-0.15, -0.1) is 0 Å². The quantitative estimate of drug-likeness (QED) is 0.802. The highest BCUT2D eigenvalue weighted by Crippen LogP contribution is 2.25. The van der Waals surface area contributed by atoms with Gasteiger partial charge in [-0.1, -0.05) is 15.9 Å². The van der Waals surface area contributed by atoms with Gasteiger partial charge in [0.25, 0.3) is 0 Å². The minimum atomic E-state index is 0.642. The van der Waals surface area contributed by atoms with Crippen LogP contribution in [0, 0.1) is 0 Å². The lowest BCUT2D eigenvalue weighted by Gasteiger charge is -2.00. The predicted molar refractivity (Wildman–Crippen MR) is 82.6 cm³/mol. The van der Waals surface area contributed by atoms with Crippen molar-refractivity contribution in [3.05, 3.63) is 47.3 Å². The molecule has 20 heavy (non-hydrogen) atoms. The van der Waals surface area contributed by atoms with E-state index in [0.29, 0.717) is 5.69 Å². The Hall–Kier alpha value is -2.08. The number of hydrogen-bond donors (Lipinski definition) is 1. The van der Waals surface area contributed by atoms with Gasteiger partial charge in [-0.25, -0.2) is 4.68 Å². The van der Waals surface area contributed by atoms with Crippen molar-refractivity contribution in [3.63, 3.8) is 0 Å². The van der Waals surface area contributed by atoms with Crippen LogP contribution in [-0.2, 0) is 6.54 Å². The van der Waals surface area contributed by atoms with E-state index < -0.39 is 0 Å². The molecule has 5 nitrogen and oxygen atoms in total. The van der Waals surface area contributed by atoms with Crippen molar-refractivity contribution in [2.75, 3.05) is 5.73 Å². The molecule has 0 atom stereocenters. The van der Waals surface area contributed by atoms with Gasteiger partial charge in [-0.2, -0.15) is 10.2 Å².